The number of hydrogen-bond acceptors (Lipinski definition) is 3. The first kappa shape index (κ1) is 30.9. The molecular weight excluding hydrogens is 665 g/mol. The van der Waals surface area contributed by atoms with E-state index in [1.165, 1.54) is 39.1 Å². The monoisotopic (exact) mass is 701 g/mol. The third-order valence-corrected chi connectivity index (χ3v) is 10.6. The van der Waals surface area contributed by atoms with E-state index in [1.54, 1.807) is 0 Å². The maximum absolute atomic E-state index is 9.33. The van der Waals surface area contributed by atoms with Gasteiger partial charge in [-0.2, -0.15) is 0 Å². The first-order valence-electron chi connectivity index (χ1n) is 16.7. The van der Waals surface area contributed by atoms with Gasteiger partial charge in [-0.3, -0.25) is 0 Å². The molecule has 0 saturated heterocycles. The second kappa shape index (κ2) is 12.6. The van der Waals surface area contributed by atoms with E-state index in [0.717, 1.165) is 48.8 Å². The maximum atomic E-state index is 9.33. The molecule has 2 aromatic heterocycles. The van der Waals surface area contributed by atoms with Crippen LogP contribution < -0.4 is 4.46 Å². The predicted molar refractivity (Wildman–Crippen MR) is 204 cm³/mol. The van der Waals surface area contributed by atoms with E-state index < -0.39 is 0 Å². The van der Waals surface area contributed by atoms with Crippen LogP contribution in [0, 0.1) is 10.2 Å². The van der Waals surface area contributed by atoms with Gasteiger partial charge in [-0.1, -0.05) is 54.6 Å². The van der Waals surface area contributed by atoms with Crippen LogP contribution in [0.5, 0.6) is 0 Å². The topological polar surface area (TPSA) is 54.8 Å². The quantitative estimate of drug-likeness (QED) is 0.156. The number of benzene rings is 6. The van der Waals surface area contributed by atoms with Crippen LogP contribution in [-0.4, -0.2) is 24.5 Å². The summed E-state index contributed by atoms with van der Waals surface area (Å²) >= 11 is -0.249. The fourth-order valence-corrected chi connectivity index (χ4v) is 7.83. The number of para-hydroxylation sites is 3. The van der Waals surface area contributed by atoms with Crippen molar-refractivity contribution in [2.75, 3.05) is 0 Å². The van der Waals surface area contributed by atoms with Gasteiger partial charge < -0.3 is 0 Å². The van der Waals surface area contributed by atoms with E-state index in [2.05, 4.69) is 152 Å². The van der Waals surface area contributed by atoms with Crippen molar-refractivity contribution >= 4 is 52.4 Å². The van der Waals surface area contributed by atoms with Gasteiger partial charge >= 0.3 is 223 Å². The summed E-state index contributed by atoms with van der Waals surface area (Å²) < 4.78 is 10.0. The molecule has 0 aliphatic rings. The van der Waals surface area contributed by atoms with Gasteiger partial charge in [-0.05, 0) is 16.7 Å². The van der Waals surface area contributed by atoms with Crippen molar-refractivity contribution in [1.29, 1.82) is 5.26 Å². The first-order valence-corrected chi connectivity index (χ1v) is 18.5. The van der Waals surface area contributed by atoms with Gasteiger partial charge in [0.05, 0.1) is 0 Å². The number of imidazole rings is 1. The van der Waals surface area contributed by atoms with Crippen molar-refractivity contribution in [3.63, 3.8) is 0 Å². The summed E-state index contributed by atoms with van der Waals surface area (Å²) in [6.45, 7) is 9.13. The molecule has 238 valence electrons. The Labute approximate surface area is 292 Å². The van der Waals surface area contributed by atoms with Gasteiger partial charge in [0.15, 0.2) is 0 Å². The minimum atomic E-state index is -0.249. The molecule has 5 heteroatoms. The molecule has 0 fully saturated rings. The van der Waals surface area contributed by atoms with Gasteiger partial charge in [0.1, 0.15) is 0 Å². The number of nitriles is 1. The molecule has 4 nitrogen and oxygen atoms in total. The molecule has 2 heterocycles. The summed E-state index contributed by atoms with van der Waals surface area (Å²) in [6.07, 6.45) is 0. The van der Waals surface area contributed by atoms with Crippen LogP contribution in [0.1, 0.15) is 50.7 Å². The SMILES string of the molecule is CC(C)c1cc(-c2ccc(-c3ccccc3)cc2)cc(C(C)C)c1-n1c(-c2cccc3c2oc2cc([Se]C#N)ccc23)nc2ccccc21. The average molecular weight is 701 g/mol. The normalized spacial score (nSPS) is 11.7. The Morgan fingerprint density at radius 3 is 2.00 bits per heavy atom. The number of fused-ring (bicyclic) bond motifs is 4. The molecule has 0 aliphatic carbocycles. The number of aromatic nitrogens is 2. The number of rotatable bonds is 7. The first-order chi connectivity index (χ1) is 23.9. The third-order valence-electron chi connectivity index (χ3n) is 9.40. The molecule has 0 bridgehead atoms. The predicted octanol–water partition coefficient (Wildman–Crippen LogP) is 11.0. The summed E-state index contributed by atoms with van der Waals surface area (Å²) in [5.74, 6) is 1.37. The Hall–Kier alpha value is -5.40. The van der Waals surface area contributed by atoms with Crippen LogP contribution in [0.4, 0.5) is 0 Å². The molecule has 0 atom stereocenters. The van der Waals surface area contributed by atoms with Crippen LogP contribution >= 0.6 is 0 Å². The molecule has 0 spiro atoms. The summed E-state index contributed by atoms with van der Waals surface area (Å²) in [7, 11) is 0. The van der Waals surface area contributed by atoms with E-state index in [1.807, 2.05) is 12.1 Å². The molecule has 0 saturated carbocycles. The molecule has 0 radical (unpaired) electrons. The van der Waals surface area contributed by atoms with Gasteiger partial charge in [-0.15, -0.1) is 0 Å². The van der Waals surface area contributed by atoms with Gasteiger partial charge in [0, 0.05) is 0 Å². The fraction of sp³-hybridized carbons (Fsp3) is 0.136. The van der Waals surface area contributed by atoms with Crippen LogP contribution in [0.2, 0.25) is 0 Å². The minimum absolute atomic E-state index is 0.249. The van der Waals surface area contributed by atoms with E-state index in [4.69, 9.17) is 9.40 Å². The number of furan rings is 1. The molecule has 6 aromatic carbocycles. The van der Waals surface area contributed by atoms with Crippen molar-refractivity contribution in [2.45, 2.75) is 39.5 Å². The zero-order valence-corrected chi connectivity index (χ0v) is 29.7. The molecule has 8 aromatic rings. The Bertz CT molecular complexity index is 2500. The van der Waals surface area contributed by atoms with Crippen LogP contribution in [-0.2, 0) is 0 Å². The molecule has 8 rings (SSSR count). The summed E-state index contributed by atoms with van der Waals surface area (Å²) in [6, 6.07) is 45.1. The van der Waals surface area contributed by atoms with Crippen molar-refractivity contribution in [3.05, 3.63) is 139 Å². The molecule has 0 unspecified atom stereocenters. The van der Waals surface area contributed by atoms with Crippen molar-refractivity contribution in [3.8, 4) is 44.3 Å². The van der Waals surface area contributed by atoms with Gasteiger partial charge in [0.25, 0.3) is 0 Å². The summed E-state index contributed by atoms with van der Waals surface area (Å²) in [4.78, 5) is 7.63. The standard InChI is InChI=1S/C44H35N3OSe/c1-27(2)37-23-32(31-19-17-30(18-20-31)29-11-6-5-7-12-29)24-38(28(3)4)42(37)47-40-16-9-8-15-39(40)46-44(47)36-14-10-13-35-34-22-21-33(49-26-45)25-41(34)48-43(35)36/h5-25,27-28H,1-4H3. The fourth-order valence-electron chi connectivity index (χ4n) is 6.97. The Balaban J connectivity index is 1.36. The molecule has 49 heavy (non-hydrogen) atoms. The van der Waals surface area contributed by atoms with Crippen molar-refractivity contribution in [2.24, 2.45) is 0 Å². The van der Waals surface area contributed by atoms with E-state index >= 15 is 0 Å². The Morgan fingerprint density at radius 2 is 1.31 bits per heavy atom. The van der Waals surface area contributed by atoms with E-state index in [-0.39, 0.29) is 26.8 Å². The van der Waals surface area contributed by atoms with Crippen LogP contribution in [0.15, 0.2) is 132 Å². The van der Waals surface area contributed by atoms with Gasteiger partial charge in [0.2, 0.25) is 0 Å². The van der Waals surface area contributed by atoms with E-state index in [9.17, 15) is 5.26 Å². The van der Waals surface area contributed by atoms with Crippen LogP contribution in [0.3, 0.4) is 0 Å². The molecule has 0 aliphatic heterocycles. The van der Waals surface area contributed by atoms with Crippen molar-refractivity contribution < 1.29 is 4.42 Å². The van der Waals surface area contributed by atoms with E-state index in [0.29, 0.717) is 0 Å². The zero-order valence-electron chi connectivity index (χ0n) is 27.9. The second-order valence-electron chi connectivity index (χ2n) is 13.2. The molecule has 0 amide bonds. The molecular formula is C44H35N3OSe. The van der Waals surface area contributed by atoms with Crippen LogP contribution in [0.25, 0.3) is 72.3 Å². The summed E-state index contributed by atoms with van der Waals surface area (Å²) in [5.41, 5.74) is 13.1. The number of nitrogens with zero attached hydrogens (tertiary/aromatic N) is 3. The summed E-state index contributed by atoms with van der Waals surface area (Å²) in [5, 5.41) is 11.4. The average Bonchev–Trinajstić information content (AvgIpc) is 3.70. The third kappa shape index (κ3) is 5.44. The van der Waals surface area contributed by atoms with Gasteiger partial charge in [-0.25, -0.2) is 0 Å². The zero-order chi connectivity index (χ0) is 33.6. The number of hydrogen-bond donors (Lipinski definition) is 0. The Morgan fingerprint density at radius 1 is 0.653 bits per heavy atom. The second-order valence-corrected chi connectivity index (χ2v) is 15.0. The van der Waals surface area contributed by atoms with Crippen molar-refractivity contribution in [1.82, 2.24) is 9.55 Å². The molecule has 0 N–H and O–H groups in total. The Kier molecular flexibility index (Phi) is 7.92.